The molecule has 0 amide bonds. The lowest BCUT2D eigenvalue weighted by atomic mass is 10.1. The number of hydrogen-bond acceptors (Lipinski definition) is 6. The Morgan fingerprint density at radius 3 is 2.36 bits per heavy atom. The van der Waals surface area contributed by atoms with Gasteiger partial charge < -0.3 is 29.0 Å². The summed E-state index contributed by atoms with van der Waals surface area (Å²) >= 11 is -2.57. The van der Waals surface area contributed by atoms with E-state index >= 15 is 0 Å². The summed E-state index contributed by atoms with van der Waals surface area (Å²) < 4.78 is 35.0. The standard InChI is InChI=1S/C24H33NO7S/c1-2-3-4-5-6-7-8-9-12-31-21-14-18(13-20(26)16-21)17-32-23-11-10-19(25-33(29)30)15-22(23)24(27)28/h10-11,13-16,25-26H,2-9,12,17H2,1H3,(H,27,28)(H,29,30)/p-1. The minimum Gasteiger partial charge on any atom is -0.755 e. The number of benzene rings is 2. The zero-order chi connectivity index (χ0) is 24.1. The summed E-state index contributed by atoms with van der Waals surface area (Å²) in [5.41, 5.74) is 0.541. The van der Waals surface area contributed by atoms with Crippen LogP contribution in [0.5, 0.6) is 17.2 Å². The van der Waals surface area contributed by atoms with Crippen LogP contribution in [0.25, 0.3) is 0 Å². The van der Waals surface area contributed by atoms with Crippen LogP contribution in [0.15, 0.2) is 36.4 Å². The number of phenols is 1. The van der Waals surface area contributed by atoms with Crippen molar-refractivity contribution in [3.63, 3.8) is 0 Å². The van der Waals surface area contributed by atoms with Crippen molar-refractivity contribution in [1.29, 1.82) is 0 Å². The van der Waals surface area contributed by atoms with Crippen LogP contribution in [0.3, 0.4) is 0 Å². The van der Waals surface area contributed by atoms with Crippen LogP contribution in [0.4, 0.5) is 5.69 Å². The topological polar surface area (TPSA) is 128 Å². The highest BCUT2D eigenvalue weighted by atomic mass is 32.2. The summed E-state index contributed by atoms with van der Waals surface area (Å²) in [7, 11) is 0. The third-order valence-corrected chi connectivity index (χ3v) is 5.43. The fraction of sp³-hybridized carbons (Fsp3) is 0.458. The van der Waals surface area contributed by atoms with Crippen LogP contribution in [0, 0.1) is 0 Å². The summed E-state index contributed by atoms with van der Waals surface area (Å²) in [4.78, 5) is 11.5. The fourth-order valence-electron chi connectivity index (χ4n) is 3.38. The third-order valence-electron chi connectivity index (χ3n) is 5.02. The van der Waals surface area contributed by atoms with E-state index in [0.29, 0.717) is 17.9 Å². The van der Waals surface area contributed by atoms with E-state index in [1.54, 1.807) is 6.07 Å². The van der Waals surface area contributed by atoms with E-state index in [9.17, 15) is 23.8 Å². The Morgan fingerprint density at radius 2 is 1.70 bits per heavy atom. The van der Waals surface area contributed by atoms with Gasteiger partial charge in [-0.1, -0.05) is 51.9 Å². The molecule has 2 rings (SSSR count). The first-order valence-corrected chi connectivity index (χ1v) is 12.3. The molecule has 0 aliphatic carbocycles. The van der Waals surface area contributed by atoms with Crippen molar-refractivity contribution in [3.8, 4) is 17.2 Å². The van der Waals surface area contributed by atoms with E-state index in [1.807, 2.05) is 0 Å². The molecule has 33 heavy (non-hydrogen) atoms. The molecule has 0 radical (unpaired) electrons. The van der Waals surface area contributed by atoms with Gasteiger partial charge in [-0.15, -0.1) is 0 Å². The maximum Gasteiger partial charge on any atom is 0.339 e. The van der Waals surface area contributed by atoms with Crippen LogP contribution in [-0.2, 0) is 17.9 Å². The summed E-state index contributed by atoms with van der Waals surface area (Å²) in [5, 5.41) is 19.4. The summed E-state index contributed by atoms with van der Waals surface area (Å²) in [6.45, 7) is 2.77. The first-order chi connectivity index (χ1) is 15.9. The van der Waals surface area contributed by atoms with Crippen molar-refractivity contribution in [2.45, 2.75) is 64.9 Å². The van der Waals surface area contributed by atoms with Gasteiger partial charge in [-0.25, -0.2) is 4.79 Å². The largest absolute Gasteiger partial charge is 0.755 e. The van der Waals surface area contributed by atoms with Crippen molar-refractivity contribution in [2.75, 3.05) is 11.3 Å². The molecule has 0 fully saturated rings. The van der Waals surface area contributed by atoms with E-state index in [1.165, 1.54) is 68.9 Å². The monoisotopic (exact) mass is 478 g/mol. The van der Waals surface area contributed by atoms with Crippen LogP contribution < -0.4 is 14.2 Å². The zero-order valence-electron chi connectivity index (χ0n) is 18.9. The summed E-state index contributed by atoms with van der Waals surface area (Å²) in [6, 6.07) is 8.73. The SMILES string of the molecule is CCCCCCCCCCOc1cc(O)cc(COc2ccc(NS(=O)[O-])cc2C(=O)O)c1. The minimum atomic E-state index is -2.57. The lowest BCUT2D eigenvalue weighted by molar-refractivity contribution is 0.0691. The number of nitrogens with one attached hydrogen (secondary N) is 1. The van der Waals surface area contributed by atoms with Crippen molar-refractivity contribution in [2.24, 2.45) is 0 Å². The second-order valence-corrected chi connectivity index (χ2v) is 8.47. The molecule has 182 valence electrons. The number of aromatic hydroxyl groups is 1. The Balaban J connectivity index is 1.87. The number of aromatic carboxylic acids is 1. The van der Waals surface area contributed by atoms with Gasteiger partial charge in [-0.05, 0) is 42.3 Å². The average Bonchev–Trinajstić information content (AvgIpc) is 2.76. The molecule has 2 aromatic carbocycles. The van der Waals surface area contributed by atoms with Gasteiger partial charge in [0.15, 0.2) is 0 Å². The predicted molar refractivity (Wildman–Crippen MR) is 126 cm³/mol. The predicted octanol–water partition coefficient (Wildman–Crippen LogP) is 5.39. The van der Waals surface area contributed by atoms with Gasteiger partial charge in [-0.2, -0.15) is 0 Å². The number of anilines is 1. The van der Waals surface area contributed by atoms with Crippen molar-refractivity contribution >= 4 is 22.9 Å². The van der Waals surface area contributed by atoms with Crippen LogP contribution in [0.2, 0.25) is 0 Å². The van der Waals surface area contributed by atoms with E-state index in [4.69, 9.17) is 9.47 Å². The number of hydrogen-bond donors (Lipinski definition) is 3. The van der Waals surface area contributed by atoms with Gasteiger partial charge >= 0.3 is 5.97 Å². The number of carboxylic acid groups (broad SMARTS) is 1. The second kappa shape index (κ2) is 14.4. The molecule has 0 heterocycles. The quantitative estimate of drug-likeness (QED) is 0.218. The lowest BCUT2D eigenvalue weighted by Gasteiger charge is -2.14. The molecule has 0 bridgehead atoms. The van der Waals surface area contributed by atoms with Crippen LogP contribution in [-0.4, -0.2) is 31.6 Å². The van der Waals surface area contributed by atoms with Crippen LogP contribution in [0.1, 0.15) is 74.2 Å². The Kier molecular flexibility index (Phi) is 11.5. The number of phenolic OH excluding ortho intramolecular Hbond substituents is 1. The second-order valence-electron chi connectivity index (χ2n) is 7.80. The molecule has 0 saturated carbocycles. The molecule has 0 aromatic heterocycles. The maximum atomic E-state index is 11.5. The molecular weight excluding hydrogens is 446 g/mol. The Bertz CT molecular complexity index is 920. The molecule has 0 aliphatic heterocycles. The molecule has 1 atom stereocenters. The Labute approximate surface area is 197 Å². The maximum absolute atomic E-state index is 11.5. The van der Waals surface area contributed by atoms with E-state index < -0.39 is 17.2 Å². The molecule has 9 heteroatoms. The van der Waals surface area contributed by atoms with Crippen molar-refractivity contribution < 1.29 is 33.2 Å². The minimum absolute atomic E-state index is 0.00304. The van der Waals surface area contributed by atoms with E-state index in [-0.39, 0.29) is 29.4 Å². The molecule has 2 aromatic rings. The Hall–Kier alpha value is -2.78. The number of unbranched alkanes of at least 4 members (excludes halogenated alkanes) is 7. The van der Waals surface area contributed by atoms with Gasteiger partial charge in [0.05, 0.1) is 6.61 Å². The molecule has 0 aliphatic rings. The fourth-order valence-corrected chi connectivity index (χ4v) is 3.70. The highest BCUT2D eigenvalue weighted by Crippen LogP contribution is 2.27. The van der Waals surface area contributed by atoms with Gasteiger partial charge in [-0.3, -0.25) is 4.21 Å². The molecular formula is C24H32NO7S-. The van der Waals surface area contributed by atoms with Gasteiger partial charge in [0.1, 0.15) is 29.4 Å². The average molecular weight is 479 g/mol. The third kappa shape index (κ3) is 10.1. The van der Waals surface area contributed by atoms with Crippen molar-refractivity contribution in [1.82, 2.24) is 0 Å². The number of carbonyl (C=O) groups is 1. The molecule has 1 unspecified atom stereocenters. The molecule has 0 saturated heterocycles. The lowest BCUT2D eigenvalue weighted by Crippen LogP contribution is -2.07. The normalized spacial score (nSPS) is 11.7. The Morgan fingerprint density at radius 1 is 1.00 bits per heavy atom. The van der Waals surface area contributed by atoms with E-state index in [2.05, 4.69) is 11.6 Å². The van der Waals surface area contributed by atoms with Crippen molar-refractivity contribution in [3.05, 3.63) is 47.5 Å². The number of ether oxygens (including phenoxy) is 2. The van der Waals surface area contributed by atoms with Crippen LogP contribution >= 0.6 is 0 Å². The smallest absolute Gasteiger partial charge is 0.339 e. The van der Waals surface area contributed by atoms with Gasteiger partial charge in [0, 0.05) is 23.0 Å². The highest BCUT2D eigenvalue weighted by Gasteiger charge is 2.13. The highest BCUT2D eigenvalue weighted by molar-refractivity contribution is 7.80. The molecule has 8 nitrogen and oxygen atoms in total. The van der Waals surface area contributed by atoms with E-state index in [0.717, 1.165) is 12.8 Å². The number of rotatable bonds is 16. The molecule has 0 spiro atoms. The number of carboxylic acids is 1. The first kappa shape index (κ1) is 26.5. The first-order valence-electron chi connectivity index (χ1n) is 11.2. The summed E-state index contributed by atoms with van der Waals surface area (Å²) in [5.74, 6) is -0.629. The molecule has 3 N–H and O–H groups in total. The van der Waals surface area contributed by atoms with Gasteiger partial charge in [0.2, 0.25) is 0 Å². The zero-order valence-corrected chi connectivity index (χ0v) is 19.7. The summed E-state index contributed by atoms with van der Waals surface area (Å²) in [6.07, 6.45) is 9.62. The van der Waals surface area contributed by atoms with Gasteiger partial charge in [0.25, 0.3) is 0 Å².